The number of rotatable bonds is 4. The van der Waals surface area contributed by atoms with Crippen LogP contribution in [-0.4, -0.2) is 20.6 Å². The van der Waals surface area contributed by atoms with Crippen molar-refractivity contribution in [3.63, 3.8) is 0 Å². The minimum absolute atomic E-state index is 0.107. The van der Waals surface area contributed by atoms with Crippen LogP contribution in [0.2, 0.25) is 0 Å². The summed E-state index contributed by atoms with van der Waals surface area (Å²) in [4.78, 5) is 15.2. The van der Waals surface area contributed by atoms with Crippen LogP contribution in [0.4, 0.5) is 0 Å². The zero-order valence-corrected chi connectivity index (χ0v) is 12.4. The van der Waals surface area contributed by atoms with E-state index in [4.69, 9.17) is 5.11 Å². The second-order valence-electron chi connectivity index (χ2n) is 4.43. The van der Waals surface area contributed by atoms with Crippen molar-refractivity contribution in [1.29, 1.82) is 0 Å². The van der Waals surface area contributed by atoms with E-state index in [-0.39, 0.29) is 6.42 Å². The second kappa shape index (κ2) is 5.57. The fraction of sp³-hybridized carbons (Fsp3) is 0.286. The van der Waals surface area contributed by atoms with Crippen LogP contribution in [0.3, 0.4) is 0 Å². The zero-order valence-electron chi connectivity index (χ0n) is 10.9. The van der Waals surface area contributed by atoms with E-state index in [9.17, 15) is 4.79 Å². The average Bonchev–Trinajstić information content (AvgIpc) is 2.64. The van der Waals surface area contributed by atoms with Gasteiger partial charge in [-0.3, -0.25) is 4.79 Å². The Bertz CT molecular complexity index is 620. The highest BCUT2D eigenvalue weighted by Crippen LogP contribution is 2.24. The highest BCUT2D eigenvalue weighted by Gasteiger charge is 2.13. The van der Waals surface area contributed by atoms with E-state index in [0.717, 1.165) is 27.2 Å². The molecule has 0 radical (unpaired) electrons. The number of hydrogen-bond acceptors (Lipinski definition) is 2. The number of aromatic nitrogens is 2. The molecular weight excluding hydrogens is 308 g/mol. The molecule has 0 amide bonds. The number of halogens is 1. The van der Waals surface area contributed by atoms with Crippen LogP contribution in [0.1, 0.15) is 17.8 Å². The minimum Gasteiger partial charge on any atom is -0.481 e. The summed E-state index contributed by atoms with van der Waals surface area (Å²) in [5.41, 5.74) is 2.87. The summed E-state index contributed by atoms with van der Waals surface area (Å²) >= 11 is 3.44. The number of carboxylic acids is 1. The van der Waals surface area contributed by atoms with E-state index in [1.807, 2.05) is 42.8 Å². The van der Waals surface area contributed by atoms with Gasteiger partial charge < -0.3 is 9.67 Å². The molecule has 0 aliphatic rings. The van der Waals surface area contributed by atoms with Crippen LogP contribution in [0, 0.1) is 6.92 Å². The van der Waals surface area contributed by atoms with Gasteiger partial charge in [0.25, 0.3) is 0 Å². The molecule has 0 saturated heterocycles. The third-order valence-corrected chi connectivity index (χ3v) is 3.63. The number of carbonyl (C=O) groups is 1. The quantitative estimate of drug-likeness (QED) is 0.940. The molecule has 5 heteroatoms. The van der Waals surface area contributed by atoms with E-state index in [0.29, 0.717) is 6.42 Å². The minimum atomic E-state index is -0.797. The van der Waals surface area contributed by atoms with Crippen molar-refractivity contribution in [2.45, 2.75) is 19.8 Å². The van der Waals surface area contributed by atoms with Crippen molar-refractivity contribution in [3.8, 4) is 11.4 Å². The Labute approximate surface area is 120 Å². The molecule has 0 aliphatic heterocycles. The van der Waals surface area contributed by atoms with Crippen molar-refractivity contribution in [2.75, 3.05) is 0 Å². The number of aliphatic carboxylic acids is 1. The summed E-state index contributed by atoms with van der Waals surface area (Å²) in [5, 5.41) is 8.75. The molecule has 2 aromatic rings. The Balaban J connectivity index is 2.37. The monoisotopic (exact) mass is 322 g/mol. The average molecular weight is 323 g/mol. The van der Waals surface area contributed by atoms with Gasteiger partial charge in [0.05, 0.1) is 12.1 Å². The third-order valence-electron chi connectivity index (χ3n) is 3.14. The highest BCUT2D eigenvalue weighted by atomic mass is 79.9. The Morgan fingerprint density at radius 2 is 2.21 bits per heavy atom. The first-order valence-corrected chi connectivity index (χ1v) is 6.78. The van der Waals surface area contributed by atoms with E-state index < -0.39 is 5.97 Å². The van der Waals surface area contributed by atoms with Crippen molar-refractivity contribution >= 4 is 21.9 Å². The lowest BCUT2D eigenvalue weighted by Gasteiger charge is -2.03. The Kier molecular flexibility index (Phi) is 4.04. The van der Waals surface area contributed by atoms with Gasteiger partial charge in [-0.15, -0.1) is 0 Å². The molecule has 1 aromatic carbocycles. The lowest BCUT2D eigenvalue weighted by atomic mass is 10.2. The molecule has 0 fully saturated rings. The fourth-order valence-electron chi connectivity index (χ4n) is 1.98. The first kappa shape index (κ1) is 13.8. The van der Waals surface area contributed by atoms with Gasteiger partial charge in [-0.1, -0.05) is 28.1 Å². The maximum absolute atomic E-state index is 10.6. The van der Waals surface area contributed by atoms with Gasteiger partial charge in [0.2, 0.25) is 0 Å². The van der Waals surface area contributed by atoms with Crippen LogP contribution in [0.25, 0.3) is 11.4 Å². The number of benzene rings is 1. The number of hydrogen-bond donors (Lipinski definition) is 1. The molecule has 0 aliphatic carbocycles. The fourth-order valence-corrected chi connectivity index (χ4v) is 2.38. The summed E-state index contributed by atoms with van der Waals surface area (Å²) in [7, 11) is 1.95. The maximum atomic E-state index is 10.6. The summed E-state index contributed by atoms with van der Waals surface area (Å²) in [6.45, 7) is 1.96. The molecule has 19 heavy (non-hydrogen) atoms. The normalized spacial score (nSPS) is 10.7. The molecular formula is C14H15BrN2O2. The smallest absolute Gasteiger partial charge is 0.303 e. The van der Waals surface area contributed by atoms with Gasteiger partial charge in [-0.2, -0.15) is 0 Å². The van der Waals surface area contributed by atoms with Crippen LogP contribution < -0.4 is 0 Å². The Morgan fingerprint density at radius 3 is 2.84 bits per heavy atom. The summed E-state index contributed by atoms with van der Waals surface area (Å²) in [6.07, 6.45) is 0.568. The predicted octanol–water partition coefficient (Wildman–Crippen LogP) is 3.18. The molecule has 1 heterocycles. The van der Waals surface area contributed by atoms with E-state index in [2.05, 4.69) is 20.9 Å². The topological polar surface area (TPSA) is 55.1 Å². The van der Waals surface area contributed by atoms with Crippen LogP contribution >= 0.6 is 15.9 Å². The van der Waals surface area contributed by atoms with Crippen molar-refractivity contribution in [2.24, 2.45) is 7.05 Å². The molecule has 100 valence electrons. The van der Waals surface area contributed by atoms with Crippen LogP contribution in [0.15, 0.2) is 28.7 Å². The highest BCUT2D eigenvalue weighted by molar-refractivity contribution is 9.10. The number of imidazole rings is 1. The zero-order chi connectivity index (χ0) is 14.0. The van der Waals surface area contributed by atoms with Gasteiger partial charge in [-0.25, -0.2) is 4.98 Å². The van der Waals surface area contributed by atoms with Crippen LogP contribution in [0.5, 0.6) is 0 Å². The van der Waals surface area contributed by atoms with Crippen molar-refractivity contribution in [1.82, 2.24) is 9.55 Å². The van der Waals surface area contributed by atoms with Crippen molar-refractivity contribution in [3.05, 3.63) is 40.1 Å². The molecule has 1 aromatic heterocycles. The lowest BCUT2D eigenvalue weighted by molar-refractivity contribution is -0.136. The first-order chi connectivity index (χ1) is 8.99. The lowest BCUT2D eigenvalue weighted by Crippen LogP contribution is -1.99. The first-order valence-electron chi connectivity index (χ1n) is 5.99. The van der Waals surface area contributed by atoms with E-state index in [1.165, 1.54) is 0 Å². The van der Waals surface area contributed by atoms with Crippen LogP contribution in [-0.2, 0) is 18.3 Å². The van der Waals surface area contributed by atoms with Crippen molar-refractivity contribution < 1.29 is 9.90 Å². The van der Waals surface area contributed by atoms with Gasteiger partial charge in [0.15, 0.2) is 0 Å². The molecule has 0 atom stereocenters. The Morgan fingerprint density at radius 1 is 1.47 bits per heavy atom. The molecule has 0 bridgehead atoms. The number of aryl methyl sites for hydroxylation is 1. The van der Waals surface area contributed by atoms with E-state index in [1.54, 1.807) is 0 Å². The molecule has 4 nitrogen and oxygen atoms in total. The van der Waals surface area contributed by atoms with E-state index >= 15 is 0 Å². The number of carboxylic acid groups (broad SMARTS) is 1. The maximum Gasteiger partial charge on any atom is 0.303 e. The number of nitrogens with zero attached hydrogens (tertiary/aromatic N) is 2. The summed E-state index contributed by atoms with van der Waals surface area (Å²) < 4.78 is 3.00. The van der Waals surface area contributed by atoms with Gasteiger partial charge in [0, 0.05) is 29.2 Å². The van der Waals surface area contributed by atoms with Gasteiger partial charge in [-0.05, 0) is 19.1 Å². The Hall–Kier alpha value is -1.62. The molecule has 0 spiro atoms. The second-order valence-corrected chi connectivity index (χ2v) is 5.35. The summed E-state index contributed by atoms with van der Waals surface area (Å²) in [6, 6.07) is 7.92. The predicted molar refractivity (Wildman–Crippen MR) is 77.0 cm³/mol. The molecule has 2 rings (SSSR count). The third kappa shape index (κ3) is 3.04. The largest absolute Gasteiger partial charge is 0.481 e. The molecule has 1 N–H and O–H groups in total. The van der Waals surface area contributed by atoms with Gasteiger partial charge >= 0.3 is 5.97 Å². The molecule has 0 saturated carbocycles. The molecule has 0 unspecified atom stereocenters. The van der Waals surface area contributed by atoms with Gasteiger partial charge in [0.1, 0.15) is 5.82 Å². The standard InChI is InChI=1S/C14H15BrN2O2/c1-9-12(6-7-13(18)19)16-14(17(9)2)10-4-3-5-11(15)8-10/h3-5,8H,6-7H2,1-2H3,(H,18,19). The SMILES string of the molecule is Cc1c(CCC(=O)O)nc(-c2cccc(Br)c2)n1C. The summed E-state index contributed by atoms with van der Waals surface area (Å²) in [5.74, 6) is 0.0632.